The molecule has 0 fully saturated rings. The number of nitrogens with one attached hydrogen (secondary N) is 2. The summed E-state index contributed by atoms with van der Waals surface area (Å²) in [6, 6.07) is 5.39. The van der Waals surface area contributed by atoms with Gasteiger partial charge in [-0.2, -0.15) is 0 Å². The molecule has 22 heavy (non-hydrogen) atoms. The predicted octanol–water partition coefficient (Wildman–Crippen LogP) is 0.552. The van der Waals surface area contributed by atoms with Crippen LogP contribution < -0.4 is 10.6 Å². The predicted molar refractivity (Wildman–Crippen MR) is 77.4 cm³/mol. The highest BCUT2D eigenvalue weighted by Crippen LogP contribution is 2.04. The Morgan fingerprint density at radius 2 is 1.77 bits per heavy atom. The summed E-state index contributed by atoms with van der Waals surface area (Å²) in [6.45, 7) is 2.97. The van der Waals surface area contributed by atoms with Gasteiger partial charge in [0.15, 0.2) is 6.61 Å². The summed E-state index contributed by atoms with van der Waals surface area (Å²) in [5, 5.41) is 4.94. The van der Waals surface area contributed by atoms with Gasteiger partial charge in [0.2, 0.25) is 5.91 Å². The van der Waals surface area contributed by atoms with Crippen LogP contribution in [0.25, 0.3) is 0 Å². The first kappa shape index (κ1) is 17.6. The lowest BCUT2D eigenvalue weighted by Crippen LogP contribution is -2.41. The van der Waals surface area contributed by atoms with Gasteiger partial charge in [-0.25, -0.2) is 4.39 Å². The van der Waals surface area contributed by atoms with E-state index in [4.69, 9.17) is 4.74 Å². The molecule has 0 aromatic heterocycles. The number of carbonyl (C=O) groups is 3. The molecule has 1 aromatic rings. The summed E-state index contributed by atoms with van der Waals surface area (Å²) in [5.74, 6) is -1.88. The first-order valence-corrected chi connectivity index (χ1v) is 6.83. The van der Waals surface area contributed by atoms with Crippen molar-refractivity contribution in [1.82, 2.24) is 10.6 Å². The quantitative estimate of drug-likeness (QED) is 0.720. The fraction of sp³-hybridized carbons (Fsp3) is 0.400. The van der Waals surface area contributed by atoms with Crippen molar-refractivity contribution in [2.24, 2.45) is 0 Å². The van der Waals surface area contributed by atoms with E-state index in [1.165, 1.54) is 24.3 Å². The zero-order chi connectivity index (χ0) is 16.5. The van der Waals surface area contributed by atoms with E-state index in [9.17, 15) is 18.8 Å². The smallest absolute Gasteiger partial charge is 0.310 e. The Kier molecular flexibility index (Phi) is 7.01. The van der Waals surface area contributed by atoms with Gasteiger partial charge < -0.3 is 15.4 Å². The van der Waals surface area contributed by atoms with Crippen LogP contribution in [0.2, 0.25) is 0 Å². The average Bonchev–Trinajstić information content (AvgIpc) is 2.44. The number of ether oxygens (including phenoxy) is 1. The number of amides is 2. The van der Waals surface area contributed by atoms with E-state index in [2.05, 4.69) is 10.6 Å². The number of rotatable bonds is 7. The molecule has 0 spiro atoms. The Balaban J connectivity index is 2.24. The van der Waals surface area contributed by atoms with Crippen LogP contribution in [0.4, 0.5) is 4.39 Å². The highest BCUT2D eigenvalue weighted by Gasteiger charge is 2.10. The third kappa shape index (κ3) is 7.37. The number of halogens is 1. The largest absolute Gasteiger partial charge is 0.455 e. The van der Waals surface area contributed by atoms with Crippen molar-refractivity contribution in [1.29, 1.82) is 0 Å². The second-order valence-electron chi connectivity index (χ2n) is 4.96. The van der Waals surface area contributed by atoms with Crippen LogP contribution >= 0.6 is 0 Å². The molecule has 7 heteroatoms. The van der Waals surface area contributed by atoms with E-state index < -0.39 is 24.3 Å². The second-order valence-corrected chi connectivity index (χ2v) is 4.96. The van der Waals surface area contributed by atoms with E-state index >= 15 is 0 Å². The molecule has 0 atom stereocenters. The van der Waals surface area contributed by atoms with E-state index in [-0.39, 0.29) is 24.9 Å². The zero-order valence-electron chi connectivity index (χ0n) is 12.5. The number of hydrogen-bond acceptors (Lipinski definition) is 4. The molecule has 1 rings (SSSR count). The number of hydrogen-bond donors (Lipinski definition) is 2. The lowest BCUT2D eigenvalue weighted by Gasteiger charge is -2.09. The topological polar surface area (TPSA) is 84.5 Å². The molecule has 6 nitrogen and oxygen atoms in total. The summed E-state index contributed by atoms with van der Waals surface area (Å²) in [4.78, 5) is 34.2. The number of esters is 1. The molecular weight excluding hydrogens is 291 g/mol. The van der Waals surface area contributed by atoms with Crippen LogP contribution in [0.15, 0.2) is 24.3 Å². The lowest BCUT2D eigenvalue weighted by atomic mass is 10.1. The third-order valence-corrected chi connectivity index (χ3v) is 2.52. The maximum absolute atomic E-state index is 12.7. The molecule has 2 N–H and O–H groups in total. The Bertz CT molecular complexity index is 529. The van der Waals surface area contributed by atoms with E-state index in [1.54, 1.807) is 13.8 Å². The number of benzene rings is 1. The van der Waals surface area contributed by atoms with Gasteiger partial charge in [0, 0.05) is 6.04 Å². The van der Waals surface area contributed by atoms with Crippen LogP contribution in [-0.4, -0.2) is 37.0 Å². The SMILES string of the molecule is CC(C)NC(=O)CNC(=O)COC(=O)Cc1ccc(F)cc1. The molecule has 0 saturated heterocycles. The van der Waals surface area contributed by atoms with E-state index in [0.29, 0.717) is 5.56 Å². The third-order valence-electron chi connectivity index (χ3n) is 2.52. The van der Waals surface area contributed by atoms with Gasteiger partial charge in [-0.1, -0.05) is 12.1 Å². The van der Waals surface area contributed by atoms with Gasteiger partial charge in [-0.15, -0.1) is 0 Å². The second kappa shape index (κ2) is 8.76. The van der Waals surface area contributed by atoms with Crippen molar-refractivity contribution in [3.05, 3.63) is 35.6 Å². The van der Waals surface area contributed by atoms with Gasteiger partial charge in [0.1, 0.15) is 5.82 Å². The van der Waals surface area contributed by atoms with Gasteiger partial charge in [-0.05, 0) is 31.5 Å². The highest BCUT2D eigenvalue weighted by atomic mass is 19.1. The van der Waals surface area contributed by atoms with Gasteiger partial charge in [0.25, 0.3) is 5.91 Å². The normalized spacial score (nSPS) is 10.2. The molecule has 2 amide bonds. The molecule has 0 aliphatic carbocycles. The van der Waals surface area contributed by atoms with Crippen molar-refractivity contribution in [3.63, 3.8) is 0 Å². The summed E-state index contributed by atoms with van der Waals surface area (Å²) in [5.41, 5.74) is 0.586. The van der Waals surface area contributed by atoms with Crippen molar-refractivity contribution in [3.8, 4) is 0 Å². The monoisotopic (exact) mass is 310 g/mol. The Morgan fingerprint density at radius 3 is 2.36 bits per heavy atom. The zero-order valence-corrected chi connectivity index (χ0v) is 12.5. The Morgan fingerprint density at radius 1 is 1.14 bits per heavy atom. The molecular formula is C15H19FN2O4. The van der Waals surface area contributed by atoms with E-state index in [1.807, 2.05) is 0 Å². The minimum absolute atomic E-state index is 0.0158. The van der Waals surface area contributed by atoms with Crippen LogP contribution in [0.3, 0.4) is 0 Å². The molecule has 0 radical (unpaired) electrons. The van der Waals surface area contributed by atoms with Crippen LogP contribution in [-0.2, 0) is 25.5 Å². The fourth-order valence-corrected chi connectivity index (χ4v) is 1.57. The molecule has 0 bridgehead atoms. The minimum atomic E-state index is -0.603. The first-order valence-electron chi connectivity index (χ1n) is 6.83. The number of carbonyl (C=O) groups excluding carboxylic acids is 3. The summed E-state index contributed by atoms with van der Waals surface area (Å²) in [7, 11) is 0. The van der Waals surface area contributed by atoms with Crippen LogP contribution in [0, 0.1) is 5.82 Å². The van der Waals surface area contributed by atoms with Crippen molar-refractivity contribution in [2.75, 3.05) is 13.2 Å². The van der Waals surface area contributed by atoms with Gasteiger partial charge in [-0.3, -0.25) is 14.4 Å². The minimum Gasteiger partial charge on any atom is -0.455 e. The van der Waals surface area contributed by atoms with Crippen molar-refractivity contribution in [2.45, 2.75) is 26.3 Å². The maximum atomic E-state index is 12.7. The van der Waals surface area contributed by atoms with Crippen LogP contribution in [0.1, 0.15) is 19.4 Å². The van der Waals surface area contributed by atoms with Crippen LogP contribution in [0.5, 0.6) is 0 Å². The highest BCUT2D eigenvalue weighted by molar-refractivity contribution is 5.86. The summed E-state index contributed by atoms with van der Waals surface area (Å²) < 4.78 is 17.5. The molecule has 0 aliphatic rings. The Hall–Kier alpha value is -2.44. The molecule has 120 valence electrons. The van der Waals surface area contributed by atoms with Crippen molar-refractivity contribution < 1.29 is 23.5 Å². The average molecular weight is 310 g/mol. The molecule has 0 saturated carbocycles. The Labute approximate surface area is 128 Å². The lowest BCUT2D eigenvalue weighted by molar-refractivity contribution is -0.147. The van der Waals surface area contributed by atoms with Gasteiger partial charge in [0.05, 0.1) is 13.0 Å². The summed E-state index contributed by atoms with van der Waals surface area (Å²) >= 11 is 0. The molecule has 0 aliphatic heterocycles. The molecule has 0 heterocycles. The molecule has 0 unspecified atom stereocenters. The molecule has 1 aromatic carbocycles. The van der Waals surface area contributed by atoms with Gasteiger partial charge >= 0.3 is 5.97 Å². The van der Waals surface area contributed by atoms with E-state index in [0.717, 1.165) is 0 Å². The fourth-order valence-electron chi connectivity index (χ4n) is 1.57. The van der Waals surface area contributed by atoms with Crippen molar-refractivity contribution >= 4 is 17.8 Å². The first-order chi connectivity index (χ1) is 10.4. The standard InChI is InChI=1S/C15H19FN2O4/c1-10(2)18-13(19)8-17-14(20)9-22-15(21)7-11-3-5-12(16)6-4-11/h3-6,10H,7-9H2,1-2H3,(H,17,20)(H,18,19). The maximum Gasteiger partial charge on any atom is 0.310 e. The summed E-state index contributed by atoms with van der Waals surface area (Å²) in [6.07, 6.45) is -0.0542.